The molecule has 0 aromatic carbocycles. The molecule has 0 saturated heterocycles. The van der Waals surface area contributed by atoms with Crippen LogP contribution in [0.15, 0.2) is 0 Å². The van der Waals surface area contributed by atoms with Crippen LogP contribution in [0.25, 0.3) is 0 Å². The van der Waals surface area contributed by atoms with E-state index in [1.165, 1.54) is 6.92 Å². The molecule has 0 unspecified atom stereocenters. The standard InChI is InChI=1S/C11H20O4/c1-4-14-11(13)8-9(2)6-5-7-15-10(3)12/h9H,4-8H2,1-3H3/t9-/m1/s1. The third-order valence-electron chi connectivity index (χ3n) is 1.97. The summed E-state index contributed by atoms with van der Waals surface area (Å²) in [5, 5.41) is 0. The van der Waals surface area contributed by atoms with Crippen LogP contribution in [0.2, 0.25) is 0 Å². The summed E-state index contributed by atoms with van der Waals surface area (Å²) in [5.74, 6) is -0.134. The highest BCUT2D eigenvalue weighted by Gasteiger charge is 2.09. The molecule has 0 aromatic rings. The number of ether oxygens (including phenoxy) is 2. The molecule has 0 aromatic heterocycles. The summed E-state index contributed by atoms with van der Waals surface area (Å²) < 4.78 is 9.62. The summed E-state index contributed by atoms with van der Waals surface area (Å²) in [6.07, 6.45) is 2.10. The number of hydrogen-bond acceptors (Lipinski definition) is 4. The van der Waals surface area contributed by atoms with Crippen molar-refractivity contribution in [3.05, 3.63) is 0 Å². The quantitative estimate of drug-likeness (QED) is 0.482. The molecule has 88 valence electrons. The Morgan fingerprint density at radius 3 is 2.47 bits per heavy atom. The zero-order valence-electron chi connectivity index (χ0n) is 9.75. The first kappa shape index (κ1) is 13.9. The number of carbonyl (C=O) groups is 2. The third-order valence-corrected chi connectivity index (χ3v) is 1.97. The predicted octanol–water partition coefficient (Wildman–Crippen LogP) is 1.92. The van der Waals surface area contributed by atoms with Gasteiger partial charge in [-0.15, -0.1) is 0 Å². The smallest absolute Gasteiger partial charge is 0.306 e. The number of esters is 2. The lowest BCUT2D eigenvalue weighted by atomic mass is 10.0. The molecule has 0 aliphatic heterocycles. The van der Waals surface area contributed by atoms with Gasteiger partial charge in [0.1, 0.15) is 0 Å². The van der Waals surface area contributed by atoms with Gasteiger partial charge in [0.05, 0.1) is 13.2 Å². The zero-order valence-corrected chi connectivity index (χ0v) is 9.75. The normalized spacial score (nSPS) is 11.9. The number of rotatable bonds is 7. The Bertz CT molecular complexity index is 201. The molecular weight excluding hydrogens is 196 g/mol. The maximum absolute atomic E-state index is 11.1. The molecule has 4 nitrogen and oxygen atoms in total. The fraction of sp³-hybridized carbons (Fsp3) is 0.818. The van der Waals surface area contributed by atoms with Gasteiger partial charge in [-0.3, -0.25) is 9.59 Å². The fourth-order valence-corrected chi connectivity index (χ4v) is 1.25. The van der Waals surface area contributed by atoms with Crippen molar-refractivity contribution in [3.8, 4) is 0 Å². The molecule has 1 atom stereocenters. The van der Waals surface area contributed by atoms with Gasteiger partial charge in [0.15, 0.2) is 0 Å². The topological polar surface area (TPSA) is 52.6 Å². The Labute approximate surface area is 90.9 Å². The van der Waals surface area contributed by atoms with E-state index in [9.17, 15) is 9.59 Å². The van der Waals surface area contributed by atoms with Crippen molar-refractivity contribution in [2.75, 3.05) is 13.2 Å². The highest BCUT2D eigenvalue weighted by atomic mass is 16.5. The van der Waals surface area contributed by atoms with E-state index in [1.807, 2.05) is 6.92 Å². The first-order valence-electron chi connectivity index (χ1n) is 5.35. The third kappa shape index (κ3) is 9.25. The van der Waals surface area contributed by atoms with Crippen LogP contribution in [0.4, 0.5) is 0 Å². The average Bonchev–Trinajstić information content (AvgIpc) is 2.12. The maximum atomic E-state index is 11.1. The number of carbonyl (C=O) groups excluding carboxylic acids is 2. The van der Waals surface area contributed by atoms with Crippen LogP contribution >= 0.6 is 0 Å². The SMILES string of the molecule is CCOC(=O)C[C@H](C)CCCOC(C)=O. The molecular formula is C11H20O4. The molecule has 0 heterocycles. The summed E-state index contributed by atoms with van der Waals surface area (Å²) in [5.41, 5.74) is 0. The van der Waals surface area contributed by atoms with Crippen LogP contribution in [0.5, 0.6) is 0 Å². The molecule has 0 rings (SSSR count). The van der Waals surface area contributed by atoms with Gasteiger partial charge in [0.25, 0.3) is 0 Å². The van der Waals surface area contributed by atoms with Crippen LogP contribution in [0.3, 0.4) is 0 Å². The van der Waals surface area contributed by atoms with Crippen molar-refractivity contribution in [2.45, 2.75) is 40.0 Å². The summed E-state index contributed by atoms with van der Waals surface area (Å²) >= 11 is 0. The molecule has 0 bridgehead atoms. The fourth-order valence-electron chi connectivity index (χ4n) is 1.25. The highest BCUT2D eigenvalue weighted by molar-refractivity contribution is 5.69. The number of hydrogen-bond donors (Lipinski definition) is 0. The largest absolute Gasteiger partial charge is 0.466 e. The van der Waals surface area contributed by atoms with Gasteiger partial charge in [-0.25, -0.2) is 0 Å². The van der Waals surface area contributed by atoms with Crippen molar-refractivity contribution >= 4 is 11.9 Å². The van der Waals surface area contributed by atoms with Gasteiger partial charge in [0.2, 0.25) is 0 Å². The van der Waals surface area contributed by atoms with E-state index in [2.05, 4.69) is 0 Å². The minimum Gasteiger partial charge on any atom is -0.466 e. The summed E-state index contributed by atoms with van der Waals surface area (Å²) in [6, 6.07) is 0. The van der Waals surface area contributed by atoms with Gasteiger partial charge in [-0.1, -0.05) is 6.92 Å². The molecule has 0 radical (unpaired) electrons. The van der Waals surface area contributed by atoms with Crippen molar-refractivity contribution in [3.63, 3.8) is 0 Å². The van der Waals surface area contributed by atoms with Crippen molar-refractivity contribution in [2.24, 2.45) is 5.92 Å². The van der Waals surface area contributed by atoms with Crippen molar-refractivity contribution < 1.29 is 19.1 Å². The Morgan fingerprint density at radius 1 is 1.27 bits per heavy atom. The summed E-state index contributed by atoms with van der Waals surface area (Å²) in [7, 11) is 0. The van der Waals surface area contributed by atoms with Crippen LogP contribution in [-0.4, -0.2) is 25.2 Å². The molecule has 15 heavy (non-hydrogen) atoms. The maximum Gasteiger partial charge on any atom is 0.306 e. The first-order chi connectivity index (χ1) is 7.06. The first-order valence-corrected chi connectivity index (χ1v) is 5.35. The predicted molar refractivity (Wildman–Crippen MR) is 56.3 cm³/mol. The molecule has 0 N–H and O–H groups in total. The zero-order chi connectivity index (χ0) is 11.7. The Hall–Kier alpha value is -1.06. The summed E-state index contributed by atoms with van der Waals surface area (Å²) in [4.78, 5) is 21.5. The average molecular weight is 216 g/mol. The molecule has 0 aliphatic carbocycles. The van der Waals surface area contributed by atoms with Gasteiger partial charge >= 0.3 is 11.9 Å². The minimum atomic E-state index is -0.256. The Balaban J connectivity index is 3.44. The molecule has 4 heteroatoms. The van der Waals surface area contributed by atoms with Crippen LogP contribution in [0, 0.1) is 5.92 Å². The van der Waals surface area contributed by atoms with Gasteiger partial charge in [0, 0.05) is 13.3 Å². The molecule has 0 spiro atoms. The monoisotopic (exact) mass is 216 g/mol. The second-order valence-corrected chi connectivity index (χ2v) is 3.60. The lowest BCUT2D eigenvalue weighted by Crippen LogP contribution is -2.10. The van der Waals surface area contributed by atoms with Crippen LogP contribution < -0.4 is 0 Å². The van der Waals surface area contributed by atoms with Gasteiger partial charge in [-0.05, 0) is 25.7 Å². The second-order valence-electron chi connectivity index (χ2n) is 3.60. The van der Waals surface area contributed by atoms with Gasteiger partial charge < -0.3 is 9.47 Å². The van der Waals surface area contributed by atoms with Crippen molar-refractivity contribution in [1.29, 1.82) is 0 Å². The van der Waals surface area contributed by atoms with Crippen LogP contribution in [0.1, 0.15) is 40.0 Å². The Morgan fingerprint density at radius 2 is 1.93 bits per heavy atom. The van der Waals surface area contributed by atoms with E-state index in [0.29, 0.717) is 19.6 Å². The summed E-state index contributed by atoms with van der Waals surface area (Å²) in [6.45, 7) is 6.04. The van der Waals surface area contributed by atoms with E-state index < -0.39 is 0 Å². The molecule has 0 amide bonds. The van der Waals surface area contributed by atoms with Crippen LogP contribution in [-0.2, 0) is 19.1 Å². The minimum absolute atomic E-state index is 0.155. The molecule has 0 saturated carbocycles. The van der Waals surface area contributed by atoms with E-state index >= 15 is 0 Å². The van der Waals surface area contributed by atoms with E-state index in [4.69, 9.17) is 9.47 Å². The molecule has 0 fully saturated rings. The Kier molecular flexibility index (Phi) is 7.68. The van der Waals surface area contributed by atoms with E-state index in [0.717, 1.165) is 12.8 Å². The van der Waals surface area contributed by atoms with Crippen molar-refractivity contribution in [1.82, 2.24) is 0 Å². The van der Waals surface area contributed by atoms with E-state index in [-0.39, 0.29) is 17.9 Å². The molecule has 0 aliphatic rings. The van der Waals surface area contributed by atoms with E-state index in [1.54, 1.807) is 6.92 Å². The highest BCUT2D eigenvalue weighted by Crippen LogP contribution is 2.11. The van der Waals surface area contributed by atoms with Gasteiger partial charge in [-0.2, -0.15) is 0 Å². The second kappa shape index (κ2) is 8.26. The lowest BCUT2D eigenvalue weighted by Gasteiger charge is -2.10. The lowest BCUT2D eigenvalue weighted by molar-refractivity contribution is -0.145.